The van der Waals surface area contributed by atoms with Gasteiger partial charge in [0.05, 0.1) is 6.61 Å². The summed E-state index contributed by atoms with van der Waals surface area (Å²) in [4.78, 5) is 13.5. The second-order valence-electron chi connectivity index (χ2n) is 4.81. The number of benzene rings is 1. The predicted molar refractivity (Wildman–Crippen MR) is 79.0 cm³/mol. The number of carbonyl (C=O) groups excluding carboxylic acids is 1. The molecule has 3 N–H and O–H groups in total. The second kappa shape index (κ2) is 7.47. The Morgan fingerprint density at radius 1 is 1.45 bits per heavy atom. The molecule has 0 aromatic heterocycles. The fraction of sp³-hybridized carbons (Fsp3) is 0.500. The lowest BCUT2D eigenvalue weighted by molar-refractivity contribution is -0.123. The van der Waals surface area contributed by atoms with E-state index in [2.05, 4.69) is 10.2 Å². The standard InChI is InChI=1S/C14H20ClN3O2/c15-11-2-4-12(5-3-11)20-9-1-7-18-8-6-17-10-13(18)14(16)19/h2-5,13,17H,1,6-10H2,(H2,16,19). The average molecular weight is 298 g/mol. The fourth-order valence-electron chi connectivity index (χ4n) is 2.28. The van der Waals surface area contributed by atoms with Crippen LogP contribution in [0.15, 0.2) is 24.3 Å². The Bertz CT molecular complexity index is 439. The van der Waals surface area contributed by atoms with Gasteiger partial charge in [-0.1, -0.05) is 11.6 Å². The monoisotopic (exact) mass is 297 g/mol. The van der Waals surface area contributed by atoms with Crippen LogP contribution in [0.2, 0.25) is 5.02 Å². The van der Waals surface area contributed by atoms with E-state index in [-0.39, 0.29) is 11.9 Å². The number of ether oxygens (including phenoxy) is 1. The number of rotatable bonds is 6. The first-order chi connectivity index (χ1) is 9.66. The van der Waals surface area contributed by atoms with Gasteiger partial charge < -0.3 is 15.8 Å². The average Bonchev–Trinajstić information content (AvgIpc) is 2.46. The summed E-state index contributed by atoms with van der Waals surface area (Å²) in [5.74, 6) is 0.539. The van der Waals surface area contributed by atoms with Crippen molar-refractivity contribution in [2.75, 3.05) is 32.8 Å². The van der Waals surface area contributed by atoms with E-state index < -0.39 is 0 Å². The Hall–Kier alpha value is -1.30. The maximum absolute atomic E-state index is 11.3. The van der Waals surface area contributed by atoms with E-state index in [9.17, 15) is 4.79 Å². The van der Waals surface area contributed by atoms with Crippen LogP contribution in [0.5, 0.6) is 5.75 Å². The number of piperazine rings is 1. The van der Waals surface area contributed by atoms with Gasteiger partial charge in [0.1, 0.15) is 11.8 Å². The zero-order chi connectivity index (χ0) is 14.4. The molecule has 1 heterocycles. The fourth-order valence-corrected chi connectivity index (χ4v) is 2.41. The predicted octanol–water partition coefficient (Wildman–Crippen LogP) is 0.868. The van der Waals surface area contributed by atoms with Crippen LogP contribution in [0.1, 0.15) is 6.42 Å². The van der Waals surface area contributed by atoms with Gasteiger partial charge >= 0.3 is 0 Å². The molecule has 0 bridgehead atoms. The van der Waals surface area contributed by atoms with Crippen molar-refractivity contribution in [1.82, 2.24) is 10.2 Å². The molecule has 0 radical (unpaired) electrons. The van der Waals surface area contributed by atoms with Crippen LogP contribution in [0, 0.1) is 0 Å². The van der Waals surface area contributed by atoms with E-state index in [1.54, 1.807) is 12.1 Å². The molecule has 110 valence electrons. The molecule has 1 aliphatic heterocycles. The maximum atomic E-state index is 11.3. The molecule has 1 saturated heterocycles. The Morgan fingerprint density at radius 3 is 2.90 bits per heavy atom. The van der Waals surface area contributed by atoms with E-state index in [4.69, 9.17) is 22.1 Å². The molecular formula is C14H20ClN3O2. The minimum Gasteiger partial charge on any atom is -0.494 e. The molecule has 1 aliphatic rings. The van der Waals surface area contributed by atoms with E-state index in [1.807, 2.05) is 12.1 Å². The number of hydrogen-bond donors (Lipinski definition) is 2. The highest BCUT2D eigenvalue weighted by Gasteiger charge is 2.25. The van der Waals surface area contributed by atoms with Gasteiger partial charge in [0.25, 0.3) is 0 Å². The van der Waals surface area contributed by atoms with Crippen molar-refractivity contribution in [2.24, 2.45) is 5.73 Å². The maximum Gasteiger partial charge on any atom is 0.236 e. The van der Waals surface area contributed by atoms with Crippen molar-refractivity contribution < 1.29 is 9.53 Å². The number of amides is 1. The largest absolute Gasteiger partial charge is 0.494 e. The van der Waals surface area contributed by atoms with Gasteiger partial charge in [-0.25, -0.2) is 0 Å². The third-order valence-electron chi connectivity index (χ3n) is 3.35. The first-order valence-electron chi connectivity index (χ1n) is 6.79. The zero-order valence-electron chi connectivity index (χ0n) is 11.3. The van der Waals surface area contributed by atoms with Crippen molar-refractivity contribution in [2.45, 2.75) is 12.5 Å². The normalized spacial score (nSPS) is 19.8. The molecule has 1 atom stereocenters. The molecule has 1 amide bonds. The second-order valence-corrected chi connectivity index (χ2v) is 5.25. The topological polar surface area (TPSA) is 67.6 Å². The molecule has 1 aromatic carbocycles. The van der Waals surface area contributed by atoms with E-state index in [0.29, 0.717) is 18.2 Å². The van der Waals surface area contributed by atoms with E-state index in [1.165, 1.54) is 0 Å². The highest BCUT2D eigenvalue weighted by atomic mass is 35.5. The van der Waals surface area contributed by atoms with Crippen LogP contribution in [0.4, 0.5) is 0 Å². The van der Waals surface area contributed by atoms with Gasteiger partial charge in [-0.05, 0) is 30.7 Å². The van der Waals surface area contributed by atoms with Gasteiger partial charge in [0.2, 0.25) is 5.91 Å². The summed E-state index contributed by atoms with van der Waals surface area (Å²) < 4.78 is 5.63. The van der Waals surface area contributed by atoms with E-state index >= 15 is 0 Å². The number of halogens is 1. The van der Waals surface area contributed by atoms with Crippen molar-refractivity contribution in [3.8, 4) is 5.75 Å². The number of carbonyl (C=O) groups is 1. The summed E-state index contributed by atoms with van der Waals surface area (Å²) in [5.41, 5.74) is 5.40. The van der Waals surface area contributed by atoms with Gasteiger partial charge in [0.15, 0.2) is 0 Å². The smallest absolute Gasteiger partial charge is 0.236 e. The van der Waals surface area contributed by atoms with E-state index in [0.717, 1.165) is 31.8 Å². The summed E-state index contributed by atoms with van der Waals surface area (Å²) in [7, 11) is 0. The van der Waals surface area contributed by atoms with Crippen molar-refractivity contribution in [1.29, 1.82) is 0 Å². The lowest BCUT2D eigenvalue weighted by Crippen LogP contribution is -2.57. The van der Waals surface area contributed by atoms with Crippen LogP contribution < -0.4 is 15.8 Å². The number of nitrogens with two attached hydrogens (primary N) is 1. The number of nitrogens with zero attached hydrogens (tertiary/aromatic N) is 1. The van der Waals surface area contributed by atoms with Crippen LogP contribution >= 0.6 is 11.6 Å². The van der Waals surface area contributed by atoms with Gasteiger partial charge in [-0.3, -0.25) is 9.69 Å². The number of primary amides is 1. The van der Waals surface area contributed by atoms with Crippen molar-refractivity contribution in [3.63, 3.8) is 0 Å². The lowest BCUT2D eigenvalue weighted by Gasteiger charge is -2.34. The molecule has 1 fully saturated rings. The molecule has 6 heteroatoms. The van der Waals surface area contributed by atoms with Crippen LogP contribution in [0.3, 0.4) is 0 Å². The zero-order valence-corrected chi connectivity index (χ0v) is 12.1. The third-order valence-corrected chi connectivity index (χ3v) is 3.61. The Morgan fingerprint density at radius 2 is 2.20 bits per heavy atom. The Labute approximate surface area is 124 Å². The molecule has 0 aliphatic carbocycles. The lowest BCUT2D eigenvalue weighted by atomic mass is 10.1. The summed E-state index contributed by atoms with van der Waals surface area (Å²) in [6, 6.07) is 7.09. The van der Waals surface area contributed by atoms with Crippen LogP contribution in [-0.2, 0) is 4.79 Å². The van der Waals surface area contributed by atoms with Gasteiger partial charge in [0, 0.05) is 31.2 Å². The molecule has 1 aromatic rings. The number of hydrogen-bond acceptors (Lipinski definition) is 4. The molecule has 5 nitrogen and oxygen atoms in total. The highest BCUT2D eigenvalue weighted by molar-refractivity contribution is 6.30. The first-order valence-corrected chi connectivity index (χ1v) is 7.17. The minimum atomic E-state index is -0.268. The molecule has 20 heavy (non-hydrogen) atoms. The summed E-state index contributed by atoms with van der Waals surface area (Å²) in [6.45, 7) is 3.78. The van der Waals surface area contributed by atoms with Gasteiger partial charge in [-0.2, -0.15) is 0 Å². The SMILES string of the molecule is NC(=O)C1CNCCN1CCCOc1ccc(Cl)cc1. The summed E-state index contributed by atoms with van der Waals surface area (Å²) >= 11 is 5.81. The van der Waals surface area contributed by atoms with Crippen molar-refractivity contribution >= 4 is 17.5 Å². The molecule has 0 saturated carbocycles. The molecule has 0 spiro atoms. The van der Waals surface area contributed by atoms with Crippen LogP contribution in [-0.4, -0.2) is 49.6 Å². The molecule has 1 unspecified atom stereocenters. The Kier molecular flexibility index (Phi) is 5.64. The highest BCUT2D eigenvalue weighted by Crippen LogP contribution is 2.15. The molecular weight excluding hydrogens is 278 g/mol. The quantitative estimate of drug-likeness (QED) is 0.765. The summed E-state index contributed by atoms with van der Waals surface area (Å²) in [5, 5.41) is 3.88. The minimum absolute atomic E-state index is 0.209. The summed E-state index contributed by atoms with van der Waals surface area (Å²) in [6.07, 6.45) is 0.854. The number of nitrogens with one attached hydrogen (secondary N) is 1. The van der Waals surface area contributed by atoms with Crippen molar-refractivity contribution in [3.05, 3.63) is 29.3 Å². The Balaban J connectivity index is 1.72. The third kappa shape index (κ3) is 4.37. The molecule has 2 rings (SSSR count). The first kappa shape index (κ1) is 15.1. The van der Waals surface area contributed by atoms with Gasteiger partial charge in [-0.15, -0.1) is 0 Å². The van der Waals surface area contributed by atoms with Crippen LogP contribution in [0.25, 0.3) is 0 Å².